The summed E-state index contributed by atoms with van der Waals surface area (Å²) < 4.78 is 0. The van der Waals surface area contributed by atoms with Gasteiger partial charge in [0, 0.05) is 0 Å². The summed E-state index contributed by atoms with van der Waals surface area (Å²) in [6, 6.07) is 8.85. The summed E-state index contributed by atoms with van der Waals surface area (Å²) in [5.74, 6) is 0.936. The molecule has 5 nitrogen and oxygen atoms in total. The molecular weight excluding hydrogens is 554 g/mol. The van der Waals surface area contributed by atoms with Crippen molar-refractivity contribution in [3.8, 4) is 11.5 Å². The molecule has 5 heteroatoms. The quantitative estimate of drug-likeness (QED) is 0.121. The molecule has 0 aliphatic heterocycles. The highest BCUT2D eigenvalue weighted by Crippen LogP contribution is 2.41. The summed E-state index contributed by atoms with van der Waals surface area (Å²) in [7, 11) is 0. The molecule has 0 saturated carbocycles. The molecule has 0 fully saturated rings. The summed E-state index contributed by atoms with van der Waals surface area (Å²) in [5, 5.41) is 32.7. The number of hydrogen-bond donors (Lipinski definition) is 5. The van der Waals surface area contributed by atoms with Crippen molar-refractivity contribution >= 4 is 0 Å². The lowest BCUT2D eigenvalue weighted by atomic mass is 9.78. The van der Waals surface area contributed by atoms with Gasteiger partial charge in [0.25, 0.3) is 0 Å². The molecule has 0 atom stereocenters. The first kappa shape index (κ1) is 39.1. The Morgan fingerprint density at radius 3 is 0.844 bits per heavy atom. The summed E-state index contributed by atoms with van der Waals surface area (Å²) in [5.41, 5.74) is 6.54. The smallest absolute Gasteiger partial charge is 0.123 e. The molecule has 0 heterocycles. The normalized spacial score (nSPS) is 13.1. The third-order valence-corrected chi connectivity index (χ3v) is 8.62. The first-order valence-electron chi connectivity index (χ1n) is 17.6. The number of aromatic hydroxyl groups is 2. The zero-order chi connectivity index (χ0) is 34.1. The van der Waals surface area contributed by atoms with Crippen LogP contribution in [-0.2, 0) is 34.5 Å². The number of phenolic OH excluding ortho intramolecular Hbond substituents is 2. The molecule has 2 rings (SSSR count). The van der Waals surface area contributed by atoms with Gasteiger partial charge in [-0.25, -0.2) is 0 Å². The Morgan fingerprint density at radius 2 is 0.622 bits per heavy atom. The Hall–Kier alpha value is -2.08. The molecule has 256 valence electrons. The number of phenols is 2. The highest BCUT2D eigenvalue weighted by atomic mass is 16.3. The van der Waals surface area contributed by atoms with Crippen LogP contribution in [0.15, 0.2) is 24.3 Å². The summed E-state index contributed by atoms with van der Waals surface area (Å²) in [6.45, 7) is 32.3. The number of aryl methyl sites for hydroxylation is 2. The van der Waals surface area contributed by atoms with E-state index < -0.39 is 0 Å². The summed E-state index contributed by atoms with van der Waals surface area (Å²) >= 11 is 0. The molecule has 0 amide bonds. The predicted molar refractivity (Wildman–Crippen MR) is 195 cm³/mol. The van der Waals surface area contributed by atoms with E-state index >= 15 is 0 Å². The lowest BCUT2D eigenvalue weighted by Crippen LogP contribution is -2.26. The van der Waals surface area contributed by atoms with E-state index in [2.05, 4.69) is 123 Å². The van der Waals surface area contributed by atoms with E-state index in [-0.39, 0.29) is 21.7 Å². The molecule has 2 aromatic carbocycles. The van der Waals surface area contributed by atoms with Crippen molar-refractivity contribution in [2.45, 2.75) is 143 Å². The van der Waals surface area contributed by atoms with Gasteiger partial charge in [-0.1, -0.05) is 107 Å². The van der Waals surface area contributed by atoms with Crippen LogP contribution >= 0.6 is 0 Å². The van der Waals surface area contributed by atoms with Gasteiger partial charge in [0.1, 0.15) is 11.5 Å². The average molecular weight is 624 g/mol. The van der Waals surface area contributed by atoms with Crippen LogP contribution in [0.25, 0.3) is 0 Å². The second-order valence-corrected chi connectivity index (χ2v) is 17.2. The van der Waals surface area contributed by atoms with Crippen LogP contribution in [0.3, 0.4) is 0 Å². The van der Waals surface area contributed by atoms with E-state index in [1.54, 1.807) is 0 Å². The van der Waals surface area contributed by atoms with Crippen molar-refractivity contribution in [2.75, 3.05) is 39.3 Å². The van der Waals surface area contributed by atoms with Gasteiger partial charge in [-0.2, -0.15) is 0 Å². The zero-order valence-corrected chi connectivity index (χ0v) is 31.2. The number of benzene rings is 2. The SMILES string of the molecule is CC(C)(C)c1cc(CCCNCCCNCCCNCCCc2cc(C(C)(C)C)c(O)c(C(C)(C)C)c2)cc(C(C)(C)C)c1O. The molecule has 45 heavy (non-hydrogen) atoms. The Balaban J connectivity index is 1.59. The van der Waals surface area contributed by atoms with Crippen LogP contribution in [0.4, 0.5) is 0 Å². The Kier molecular flexibility index (Phi) is 14.5. The van der Waals surface area contributed by atoms with Gasteiger partial charge in [0.2, 0.25) is 0 Å². The van der Waals surface area contributed by atoms with Gasteiger partial charge in [-0.15, -0.1) is 0 Å². The molecular formula is C40H69N3O2. The number of rotatable bonds is 16. The minimum atomic E-state index is -0.0798. The molecule has 0 radical (unpaired) electrons. The largest absolute Gasteiger partial charge is 0.507 e. The second-order valence-electron chi connectivity index (χ2n) is 17.2. The van der Waals surface area contributed by atoms with Gasteiger partial charge in [0.05, 0.1) is 0 Å². The van der Waals surface area contributed by atoms with E-state index in [1.807, 2.05) is 0 Å². The van der Waals surface area contributed by atoms with Crippen molar-refractivity contribution in [3.63, 3.8) is 0 Å². The molecule has 0 aliphatic rings. The Morgan fingerprint density at radius 1 is 0.400 bits per heavy atom. The number of nitrogens with one attached hydrogen (secondary N) is 3. The molecule has 0 aromatic heterocycles. The molecule has 0 bridgehead atoms. The van der Waals surface area contributed by atoms with Gasteiger partial charge in [0.15, 0.2) is 0 Å². The van der Waals surface area contributed by atoms with Crippen LogP contribution in [0.2, 0.25) is 0 Å². The van der Waals surface area contributed by atoms with Crippen LogP contribution in [-0.4, -0.2) is 49.5 Å². The Labute approximate surface area is 277 Å². The third-order valence-electron chi connectivity index (χ3n) is 8.62. The maximum Gasteiger partial charge on any atom is 0.123 e. The average Bonchev–Trinajstić information content (AvgIpc) is 2.89. The molecule has 5 N–H and O–H groups in total. The monoisotopic (exact) mass is 624 g/mol. The predicted octanol–water partition coefficient (Wildman–Crippen LogP) is 8.40. The van der Waals surface area contributed by atoms with Crippen LogP contribution in [0.1, 0.15) is 142 Å². The molecule has 0 saturated heterocycles. The lowest BCUT2D eigenvalue weighted by molar-refractivity contribution is 0.421. The fraction of sp³-hybridized carbons (Fsp3) is 0.700. The Bertz CT molecular complexity index is 1030. The lowest BCUT2D eigenvalue weighted by Gasteiger charge is -2.28. The molecule has 0 unspecified atom stereocenters. The van der Waals surface area contributed by atoms with E-state index in [0.29, 0.717) is 11.5 Å². The molecule has 0 spiro atoms. The van der Waals surface area contributed by atoms with E-state index in [1.165, 1.54) is 11.1 Å². The van der Waals surface area contributed by atoms with Gasteiger partial charge in [-0.3, -0.25) is 0 Å². The van der Waals surface area contributed by atoms with Crippen molar-refractivity contribution in [2.24, 2.45) is 0 Å². The van der Waals surface area contributed by atoms with E-state index in [4.69, 9.17) is 0 Å². The van der Waals surface area contributed by atoms with Crippen molar-refractivity contribution < 1.29 is 10.2 Å². The molecule has 0 aliphatic carbocycles. The van der Waals surface area contributed by atoms with Gasteiger partial charge >= 0.3 is 0 Å². The van der Waals surface area contributed by atoms with E-state index in [9.17, 15) is 10.2 Å². The maximum atomic E-state index is 11.0. The van der Waals surface area contributed by atoms with Crippen LogP contribution < -0.4 is 16.0 Å². The van der Waals surface area contributed by atoms with Crippen molar-refractivity contribution in [1.29, 1.82) is 0 Å². The number of hydrogen-bond acceptors (Lipinski definition) is 5. The third kappa shape index (κ3) is 12.9. The maximum absolute atomic E-state index is 11.0. The topological polar surface area (TPSA) is 76.5 Å². The summed E-state index contributed by atoms with van der Waals surface area (Å²) in [6.07, 6.45) is 6.51. The first-order chi connectivity index (χ1) is 20.7. The fourth-order valence-electron chi connectivity index (χ4n) is 5.85. The minimum absolute atomic E-state index is 0.0798. The van der Waals surface area contributed by atoms with Crippen LogP contribution in [0.5, 0.6) is 11.5 Å². The standard InChI is InChI=1S/C40H69N3O2/c1-37(2,3)31-25-29(26-32(35(31)44)38(4,5)6)17-13-19-41-21-15-23-43-24-16-22-42-20-14-18-30-27-33(39(7,8)9)36(45)34(28-30)40(10,11)12/h25-28,41-45H,13-24H2,1-12H3. The minimum Gasteiger partial charge on any atom is -0.507 e. The molecule has 2 aromatic rings. The van der Waals surface area contributed by atoms with Crippen LogP contribution in [0, 0.1) is 0 Å². The summed E-state index contributed by atoms with van der Waals surface area (Å²) in [4.78, 5) is 0. The highest BCUT2D eigenvalue weighted by molar-refractivity contribution is 5.51. The second kappa shape index (κ2) is 16.7. The zero-order valence-electron chi connectivity index (χ0n) is 31.2. The van der Waals surface area contributed by atoms with Crippen molar-refractivity contribution in [3.05, 3.63) is 57.6 Å². The fourth-order valence-corrected chi connectivity index (χ4v) is 5.85. The van der Waals surface area contributed by atoms with Gasteiger partial charge < -0.3 is 26.2 Å². The van der Waals surface area contributed by atoms with Gasteiger partial charge in [-0.05, 0) is 133 Å². The highest BCUT2D eigenvalue weighted by Gasteiger charge is 2.27. The van der Waals surface area contributed by atoms with E-state index in [0.717, 1.165) is 100 Å². The van der Waals surface area contributed by atoms with Crippen molar-refractivity contribution in [1.82, 2.24) is 16.0 Å². The first-order valence-corrected chi connectivity index (χ1v) is 17.6.